The molecule has 0 N–H and O–H groups in total. The Bertz CT molecular complexity index is 1350. The summed E-state index contributed by atoms with van der Waals surface area (Å²) in [7, 11) is -3.12. The molecule has 1 unspecified atom stereocenters. The van der Waals surface area contributed by atoms with E-state index in [0.717, 1.165) is 42.7 Å². The molecule has 0 radical (unpaired) electrons. The molecule has 0 amide bonds. The van der Waals surface area contributed by atoms with Crippen LogP contribution in [0.4, 0.5) is 0 Å². The first-order valence-electron chi connectivity index (χ1n) is 12.7. The first kappa shape index (κ1) is 21.6. The highest BCUT2D eigenvalue weighted by Crippen LogP contribution is 2.72. The van der Waals surface area contributed by atoms with E-state index in [2.05, 4.69) is 67.6 Å². The molecule has 0 bridgehead atoms. The highest BCUT2D eigenvalue weighted by Gasteiger charge is 2.56. The molecule has 170 valence electrons. The van der Waals surface area contributed by atoms with Gasteiger partial charge in [0.15, 0.2) is 7.14 Å². The maximum absolute atomic E-state index is 16.1. The van der Waals surface area contributed by atoms with Gasteiger partial charge in [0.25, 0.3) is 0 Å². The number of hydrogen-bond donors (Lipinski definition) is 0. The molecule has 0 spiro atoms. The van der Waals surface area contributed by atoms with E-state index < -0.39 is 12.3 Å². The Morgan fingerprint density at radius 3 is 1.94 bits per heavy atom. The zero-order valence-electron chi connectivity index (χ0n) is 19.8. The summed E-state index contributed by atoms with van der Waals surface area (Å²) in [6.07, 6.45) is 6.50. The van der Waals surface area contributed by atoms with E-state index in [-0.39, 0.29) is 0 Å². The van der Waals surface area contributed by atoms with Gasteiger partial charge in [0.1, 0.15) is 0 Å². The lowest BCUT2D eigenvalue weighted by Gasteiger charge is -2.41. The van der Waals surface area contributed by atoms with Crippen LogP contribution in [0.25, 0.3) is 11.1 Å². The third-order valence-corrected chi connectivity index (χ3v) is 11.8. The molecule has 0 saturated heterocycles. The van der Waals surface area contributed by atoms with Gasteiger partial charge in [-0.3, -0.25) is 0 Å². The predicted molar refractivity (Wildman–Crippen MR) is 144 cm³/mol. The standard InChI is InChI=1S/C32H31OP/c1-2-3-21-32(34(33,26-15-6-4-7-16-26)27-17-8-5-9-18-27)30-20-11-10-19-28(30)29-22-24-13-12-14-25(24)23-31(29)32/h4-11,15-20,22-23H,2-3,12-14,21H2,1H3. The third kappa shape index (κ3) is 2.96. The second kappa shape index (κ2) is 8.40. The number of hydrogen-bond acceptors (Lipinski definition) is 1. The quantitative estimate of drug-likeness (QED) is 0.270. The fraction of sp³-hybridized carbons (Fsp3) is 0.250. The fourth-order valence-corrected chi connectivity index (χ4v) is 10.4. The van der Waals surface area contributed by atoms with Crippen molar-refractivity contribution in [3.8, 4) is 11.1 Å². The number of unbranched alkanes of at least 4 members (excludes halogenated alkanes) is 1. The molecule has 4 aromatic carbocycles. The average molecular weight is 463 g/mol. The van der Waals surface area contributed by atoms with Crippen LogP contribution in [0.5, 0.6) is 0 Å². The van der Waals surface area contributed by atoms with Gasteiger partial charge in [-0.2, -0.15) is 0 Å². The van der Waals surface area contributed by atoms with Gasteiger partial charge in [-0.1, -0.05) is 117 Å². The van der Waals surface area contributed by atoms with E-state index >= 15 is 4.57 Å². The fourth-order valence-electron chi connectivity index (χ4n) is 6.48. The molecule has 0 saturated carbocycles. The Morgan fingerprint density at radius 1 is 0.706 bits per heavy atom. The summed E-state index contributed by atoms with van der Waals surface area (Å²) in [5.74, 6) is 0. The van der Waals surface area contributed by atoms with Crippen LogP contribution in [0.15, 0.2) is 97.1 Å². The van der Waals surface area contributed by atoms with E-state index in [9.17, 15) is 0 Å². The summed E-state index contributed by atoms with van der Waals surface area (Å²) in [5, 5.41) is 1.36. The van der Waals surface area contributed by atoms with E-state index in [4.69, 9.17) is 0 Å². The number of fused-ring (bicyclic) bond motifs is 4. The number of aryl methyl sites for hydroxylation is 2. The Morgan fingerprint density at radius 2 is 1.29 bits per heavy atom. The van der Waals surface area contributed by atoms with E-state index in [1.165, 1.54) is 39.8 Å². The smallest absolute Gasteiger partial charge is 0.157 e. The van der Waals surface area contributed by atoms with Crippen LogP contribution in [-0.4, -0.2) is 0 Å². The molecule has 0 heterocycles. The molecule has 1 nitrogen and oxygen atoms in total. The minimum Gasteiger partial charge on any atom is -0.312 e. The van der Waals surface area contributed by atoms with Crippen molar-refractivity contribution in [3.05, 3.63) is 119 Å². The van der Waals surface area contributed by atoms with Crippen molar-refractivity contribution in [1.29, 1.82) is 0 Å². The lowest BCUT2D eigenvalue weighted by Crippen LogP contribution is -2.36. The van der Waals surface area contributed by atoms with Gasteiger partial charge in [-0.05, 0) is 59.1 Å². The SMILES string of the molecule is CCCCC1(P(=O)(c2ccccc2)c2ccccc2)c2ccccc2-c2cc3c(cc21)CCC3. The molecule has 34 heavy (non-hydrogen) atoms. The van der Waals surface area contributed by atoms with Crippen LogP contribution in [0.1, 0.15) is 54.9 Å². The van der Waals surface area contributed by atoms with Crippen LogP contribution in [0.2, 0.25) is 0 Å². The van der Waals surface area contributed by atoms with Crippen molar-refractivity contribution in [3.63, 3.8) is 0 Å². The third-order valence-electron chi connectivity index (χ3n) is 8.01. The highest BCUT2D eigenvalue weighted by atomic mass is 31.2. The van der Waals surface area contributed by atoms with Crippen molar-refractivity contribution in [1.82, 2.24) is 0 Å². The zero-order chi connectivity index (χ0) is 23.2. The molecule has 2 heteroatoms. The number of rotatable bonds is 6. The molecular formula is C32H31OP. The molecule has 2 aliphatic rings. The van der Waals surface area contributed by atoms with E-state index in [1.807, 2.05) is 36.4 Å². The summed E-state index contributed by atoms with van der Waals surface area (Å²) in [6, 6.07) is 34.3. The highest BCUT2D eigenvalue weighted by molar-refractivity contribution is 7.80. The van der Waals surface area contributed by atoms with Gasteiger partial charge in [-0.15, -0.1) is 0 Å². The van der Waals surface area contributed by atoms with Crippen LogP contribution >= 0.6 is 7.14 Å². The monoisotopic (exact) mass is 462 g/mol. The molecule has 0 aliphatic heterocycles. The van der Waals surface area contributed by atoms with Gasteiger partial charge in [-0.25, -0.2) is 0 Å². The molecule has 0 aromatic heterocycles. The van der Waals surface area contributed by atoms with Crippen molar-refractivity contribution in [2.45, 2.75) is 50.6 Å². The summed E-state index contributed by atoms with van der Waals surface area (Å²) < 4.78 is 16.1. The second-order valence-electron chi connectivity index (χ2n) is 9.81. The van der Waals surface area contributed by atoms with Crippen molar-refractivity contribution in [2.24, 2.45) is 0 Å². The molecule has 6 rings (SSSR count). The molecule has 0 fully saturated rings. The van der Waals surface area contributed by atoms with Crippen molar-refractivity contribution >= 4 is 17.8 Å². The van der Waals surface area contributed by atoms with E-state index in [0.29, 0.717) is 0 Å². The van der Waals surface area contributed by atoms with Crippen LogP contribution < -0.4 is 10.6 Å². The van der Waals surface area contributed by atoms with Gasteiger partial charge in [0, 0.05) is 10.6 Å². The summed E-state index contributed by atoms with van der Waals surface area (Å²) in [4.78, 5) is 0. The predicted octanol–water partition coefficient (Wildman–Crippen LogP) is 7.60. The van der Waals surface area contributed by atoms with E-state index in [1.54, 1.807) is 0 Å². The van der Waals surface area contributed by atoms with Gasteiger partial charge in [0.05, 0.1) is 5.16 Å². The molecule has 1 atom stereocenters. The maximum atomic E-state index is 16.1. The molecule has 4 aromatic rings. The Labute approximate surface area is 203 Å². The van der Waals surface area contributed by atoms with Crippen LogP contribution in [0.3, 0.4) is 0 Å². The minimum absolute atomic E-state index is 0.560. The minimum atomic E-state index is -3.12. The number of benzene rings is 4. The summed E-state index contributed by atoms with van der Waals surface area (Å²) in [6.45, 7) is 2.24. The second-order valence-corrected chi connectivity index (χ2v) is 12.8. The van der Waals surface area contributed by atoms with Crippen molar-refractivity contribution in [2.75, 3.05) is 0 Å². The lowest BCUT2D eigenvalue weighted by atomic mass is 9.89. The van der Waals surface area contributed by atoms with Crippen LogP contribution in [0, 0.1) is 0 Å². The Kier molecular flexibility index (Phi) is 5.34. The van der Waals surface area contributed by atoms with Gasteiger partial charge < -0.3 is 4.57 Å². The summed E-state index contributed by atoms with van der Waals surface area (Å²) in [5.41, 5.74) is 8.06. The van der Waals surface area contributed by atoms with Gasteiger partial charge in [0.2, 0.25) is 0 Å². The zero-order valence-corrected chi connectivity index (χ0v) is 20.7. The van der Waals surface area contributed by atoms with Crippen LogP contribution in [-0.2, 0) is 22.6 Å². The first-order valence-corrected chi connectivity index (χ1v) is 14.4. The van der Waals surface area contributed by atoms with Gasteiger partial charge >= 0.3 is 0 Å². The summed E-state index contributed by atoms with van der Waals surface area (Å²) >= 11 is 0. The Balaban J connectivity index is 1.76. The molecular weight excluding hydrogens is 431 g/mol. The topological polar surface area (TPSA) is 17.1 Å². The maximum Gasteiger partial charge on any atom is 0.157 e. The Hall–Kier alpha value is -2.89. The average Bonchev–Trinajstić information content (AvgIpc) is 3.47. The largest absolute Gasteiger partial charge is 0.312 e. The molecule has 2 aliphatic carbocycles. The van der Waals surface area contributed by atoms with Crippen molar-refractivity contribution < 1.29 is 4.57 Å². The lowest BCUT2D eigenvalue weighted by molar-refractivity contribution is 0.536. The normalized spacial score (nSPS) is 18.4. The first-order chi connectivity index (χ1) is 16.7.